The number of nitro benzene ring substituents is 1. The minimum absolute atomic E-state index is 0.0361. The summed E-state index contributed by atoms with van der Waals surface area (Å²) in [6, 6.07) is 20.2. The van der Waals surface area contributed by atoms with Gasteiger partial charge in [0, 0.05) is 48.3 Å². The number of nitro groups is 1. The molecule has 0 bridgehead atoms. The van der Waals surface area contributed by atoms with E-state index in [0.717, 1.165) is 11.1 Å². The van der Waals surface area contributed by atoms with E-state index in [9.17, 15) is 28.4 Å². The van der Waals surface area contributed by atoms with Gasteiger partial charge in [0.15, 0.2) is 11.5 Å². The van der Waals surface area contributed by atoms with E-state index < -0.39 is 23.2 Å². The van der Waals surface area contributed by atoms with Crippen LogP contribution in [0.15, 0.2) is 83.4 Å². The van der Waals surface area contributed by atoms with Crippen LogP contribution < -0.4 is 0 Å². The van der Waals surface area contributed by atoms with Gasteiger partial charge >= 0.3 is 6.18 Å². The fraction of sp³-hybridized carbons (Fsp3) is 0.300. The van der Waals surface area contributed by atoms with Gasteiger partial charge in [0.1, 0.15) is 5.52 Å². The number of halogens is 3. The number of nitrogens with zero attached hydrogens (tertiary/aromatic N) is 4. The number of likely N-dealkylation sites (tertiary alicyclic amines) is 1. The number of aliphatic hydroxyl groups is 1. The first-order valence-electron chi connectivity index (χ1n) is 13.3. The van der Waals surface area contributed by atoms with Crippen molar-refractivity contribution in [1.82, 2.24) is 14.5 Å². The molecule has 5 aromatic rings. The summed E-state index contributed by atoms with van der Waals surface area (Å²) in [5.74, 6) is 0.536. The lowest BCUT2D eigenvalue weighted by atomic mass is 9.89. The van der Waals surface area contributed by atoms with Crippen molar-refractivity contribution in [1.29, 1.82) is 0 Å². The average molecular weight is 565 g/mol. The second kappa shape index (κ2) is 10.3. The molecular weight excluding hydrogens is 537 g/mol. The van der Waals surface area contributed by atoms with Crippen LogP contribution in [0.4, 0.5) is 18.9 Å². The van der Waals surface area contributed by atoms with E-state index in [-0.39, 0.29) is 34.6 Å². The molecular formula is C30H27F3N4O4. The first-order valence-corrected chi connectivity index (χ1v) is 13.3. The Morgan fingerprint density at radius 3 is 2.41 bits per heavy atom. The molecule has 1 aliphatic rings. The minimum atomic E-state index is -5.00. The molecule has 1 aliphatic heterocycles. The molecule has 0 aliphatic carbocycles. The van der Waals surface area contributed by atoms with Crippen LogP contribution in [0, 0.1) is 10.1 Å². The molecule has 0 amide bonds. The summed E-state index contributed by atoms with van der Waals surface area (Å²) in [4.78, 5) is 17.0. The lowest BCUT2D eigenvalue weighted by Gasteiger charge is -2.38. The number of piperidine rings is 1. The Hall–Kier alpha value is -4.22. The normalized spacial score (nSPS) is 16.8. The largest absolute Gasteiger partial charge is 0.440 e. The summed E-state index contributed by atoms with van der Waals surface area (Å²) >= 11 is 0. The zero-order chi connectivity index (χ0) is 28.8. The third-order valence-corrected chi connectivity index (χ3v) is 7.89. The second-order valence-corrected chi connectivity index (χ2v) is 10.5. The molecule has 1 N–H and O–H groups in total. The summed E-state index contributed by atoms with van der Waals surface area (Å²) in [7, 11) is 0. The molecule has 0 spiro atoms. The Kier molecular flexibility index (Phi) is 6.79. The van der Waals surface area contributed by atoms with Crippen molar-refractivity contribution in [2.45, 2.75) is 37.1 Å². The molecule has 3 aromatic carbocycles. The molecule has 3 heterocycles. The molecule has 41 heavy (non-hydrogen) atoms. The van der Waals surface area contributed by atoms with Crippen LogP contribution in [0.25, 0.3) is 22.0 Å². The van der Waals surface area contributed by atoms with Gasteiger partial charge in [0.2, 0.25) is 5.60 Å². The van der Waals surface area contributed by atoms with Gasteiger partial charge in [-0.05, 0) is 49.7 Å². The molecule has 8 nitrogen and oxygen atoms in total. The number of oxazole rings is 1. The van der Waals surface area contributed by atoms with Gasteiger partial charge < -0.3 is 14.1 Å². The number of non-ortho nitro benzene ring substituents is 1. The van der Waals surface area contributed by atoms with E-state index in [1.165, 1.54) is 29.0 Å². The molecule has 0 radical (unpaired) electrons. The van der Waals surface area contributed by atoms with Crippen molar-refractivity contribution >= 4 is 27.7 Å². The Morgan fingerprint density at radius 1 is 1.02 bits per heavy atom. The van der Waals surface area contributed by atoms with Gasteiger partial charge in [-0.15, -0.1) is 0 Å². The van der Waals surface area contributed by atoms with Gasteiger partial charge in [0.05, 0.1) is 10.4 Å². The van der Waals surface area contributed by atoms with Gasteiger partial charge in [-0.1, -0.05) is 42.5 Å². The number of para-hydroxylation sites is 2. The lowest BCUT2D eigenvalue weighted by molar-refractivity contribution is -0.384. The fourth-order valence-corrected chi connectivity index (χ4v) is 5.69. The molecule has 0 saturated carbocycles. The van der Waals surface area contributed by atoms with Crippen LogP contribution in [0.1, 0.15) is 35.8 Å². The molecule has 11 heteroatoms. The molecule has 6 rings (SSSR count). The van der Waals surface area contributed by atoms with Gasteiger partial charge in [-0.2, -0.15) is 13.2 Å². The predicted octanol–water partition coefficient (Wildman–Crippen LogP) is 6.37. The molecule has 1 atom stereocenters. The van der Waals surface area contributed by atoms with Gasteiger partial charge in [-0.3, -0.25) is 15.0 Å². The minimum Gasteiger partial charge on any atom is -0.440 e. The number of alkyl halides is 3. The summed E-state index contributed by atoms with van der Waals surface area (Å²) in [6.07, 6.45) is -2.66. The lowest BCUT2D eigenvalue weighted by Crippen LogP contribution is -2.52. The monoisotopic (exact) mass is 564 g/mol. The summed E-state index contributed by atoms with van der Waals surface area (Å²) in [5.41, 5.74) is -1.31. The highest BCUT2D eigenvalue weighted by molar-refractivity contribution is 5.87. The third kappa shape index (κ3) is 5.07. The number of benzene rings is 3. The Labute approximate surface area is 232 Å². The van der Waals surface area contributed by atoms with E-state index in [4.69, 9.17) is 4.42 Å². The fourth-order valence-electron chi connectivity index (χ4n) is 5.69. The summed E-state index contributed by atoms with van der Waals surface area (Å²) in [5, 5.41) is 23.0. The quantitative estimate of drug-likeness (QED) is 0.182. The van der Waals surface area contributed by atoms with Crippen molar-refractivity contribution in [2.24, 2.45) is 0 Å². The maximum Gasteiger partial charge on any atom is 0.422 e. The first-order chi connectivity index (χ1) is 19.6. The van der Waals surface area contributed by atoms with Crippen LogP contribution in [0.2, 0.25) is 0 Å². The smallest absolute Gasteiger partial charge is 0.422 e. The van der Waals surface area contributed by atoms with Crippen LogP contribution >= 0.6 is 0 Å². The van der Waals surface area contributed by atoms with E-state index in [0.29, 0.717) is 37.4 Å². The third-order valence-electron chi connectivity index (χ3n) is 7.89. The van der Waals surface area contributed by atoms with E-state index in [1.54, 1.807) is 17.0 Å². The van der Waals surface area contributed by atoms with Crippen LogP contribution in [-0.4, -0.2) is 50.3 Å². The topological polar surface area (TPSA) is 97.6 Å². The van der Waals surface area contributed by atoms with E-state index >= 15 is 0 Å². The van der Waals surface area contributed by atoms with Crippen molar-refractivity contribution in [3.05, 3.63) is 106 Å². The molecule has 212 valence electrons. The zero-order valence-electron chi connectivity index (χ0n) is 21.9. The highest BCUT2D eigenvalue weighted by atomic mass is 19.4. The number of hydrogen-bond donors (Lipinski definition) is 1. The number of fused-ring (bicyclic) bond motifs is 2. The van der Waals surface area contributed by atoms with Crippen LogP contribution in [0.5, 0.6) is 0 Å². The number of β-amino-alcohol motifs (C(OH)–C–C–N with tert-alkyl or cyclic N) is 1. The number of aromatic nitrogens is 2. The van der Waals surface area contributed by atoms with Crippen molar-refractivity contribution < 1.29 is 27.6 Å². The highest BCUT2D eigenvalue weighted by Gasteiger charge is 2.57. The van der Waals surface area contributed by atoms with Gasteiger partial charge in [-0.25, -0.2) is 4.98 Å². The Bertz CT molecular complexity index is 1670. The van der Waals surface area contributed by atoms with Gasteiger partial charge in [0.25, 0.3) is 5.69 Å². The maximum absolute atomic E-state index is 14.8. The molecule has 1 fully saturated rings. The number of hydrogen-bond acceptors (Lipinski definition) is 6. The molecule has 1 unspecified atom stereocenters. The Morgan fingerprint density at radius 2 is 1.73 bits per heavy atom. The van der Waals surface area contributed by atoms with Crippen LogP contribution in [-0.2, 0) is 12.1 Å². The SMILES string of the molecule is O=[N+]([O-])c1ccc2c(C(O)(CN3CCC(c4nc5ccccc5o4)CC3)C(F)(F)F)cn(Cc3ccccc3)c2c1. The predicted molar refractivity (Wildman–Crippen MR) is 147 cm³/mol. The highest BCUT2D eigenvalue weighted by Crippen LogP contribution is 2.44. The summed E-state index contributed by atoms with van der Waals surface area (Å²) in [6.45, 7) is 0.145. The second-order valence-electron chi connectivity index (χ2n) is 10.5. The summed E-state index contributed by atoms with van der Waals surface area (Å²) < 4.78 is 51.7. The van der Waals surface area contributed by atoms with Crippen molar-refractivity contribution in [3.63, 3.8) is 0 Å². The van der Waals surface area contributed by atoms with Crippen molar-refractivity contribution in [3.8, 4) is 0 Å². The molecule has 1 saturated heterocycles. The molecule has 2 aromatic heterocycles. The van der Waals surface area contributed by atoms with Crippen molar-refractivity contribution in [2.75, 3.05) is 19.6 Å². The number of rotatable bonds is 7. The van der Waals surface area contributed by atoms with E-state index in [1.807, 2.05) is 42.5 Å². The van der Waals surface area contributed by atoms with E-state index in [2.05, 4.69) is 4.98 Å². The zero-order valence-corrected chi connectivity index (χ0v) is 21.9. The Balaban J connectivity index is 1.31. The standard InChI is InChI=1S/C30H27F3N4O4/c31-30(32,33)29(38,19-35-14-12-21(13-15-35)28-34-25-8-4-5-9-27(25)41-28)24-18-36(17-20-6-2-1-3-7-20)26-16-22(37(39)40)10-11-23(24)26/h1-11,16,18,21,38H,12-15,17,19H2. The van der Waals surface area contributed by atoms with Crippen LogP contribution in [0.3, 0.4) is 0 Å². The first kappa shape index (κ1) is 27.0. The maximum atomic E-state index is 14.8. The average Bonchev–Trinajstić information content (AvgIpc) is 3.55.